The van der Waals surface area contributed by atoms with Crippen LogP contribution in [0.3, 0.4) is 0 Å². The van der Waals surface area contributed by atoms with Crippen molar-refractivity contribution in [1.29, 1.82) is 0 Å². The summed E-state index contributed by atoms with van der Waals surface area (Å²) in [6.45, 7) is 13.7. The lowest BCUT2D eigenvalue weighted by molar-refractivity contribution is -0.130. The van der Waals surface area contributed by atoms with Gasteiger partial charge in [0.25, 0.3) is 0 Å². The topological polar surface area (TPSA) is 69.7 Å². The fourth-order valence-corrected chi connectivity index (χ4v) is 5.74. The van der Waals surface area contributed by atoms with E-state index in [1.807, 2.05) is 32.9 Å². The highest BCUT2D eigenvalue weighted by molar-refractivity contribution is 7.89. The van der Waals surface area contributed by atoms with Crippen LogP contribution in [0.25, 0.3) is 0 Å². The lowest BCUT2D eigenvalue weighted by Crippen LogP contribution is -2.40. The number of benzene rings is 1. The Morgan fingerprint density at radius 1 is 1.09 bits per heavy atom. The molecule has 1 heterocycles. The average molecular weight is 466 g/mol. The van der Waals surface area contributed by atoms with Gasteiger partial charge in [0.05, 0.1) is 4.90 Å². The average Bonchev–Trinajstić information content (AvgIpc) is 2.90. The van der Waals surface area contributed by atoms with Gasteiger partial charge in [0.2, 0.25) is 15.9 Å². The number of nitrogens with zero attached hydrogens (tertiary/aromatic N) is 2. The Labute approximate surface area is 195 Å². The van der Waals surface area contributed by atoms with Crippen LogP contribution in [-0.4, -0.2) is 61.9 Å². The van der Waals surface area contributed by atoms with Gasteiger partial charge in [-0.2, -0.15) is 0 Å². The second-order valence-corrected chi connectivity index (χ2v) is 11.8. The largest absolute Gasteiger partial charge is 0.343 e. The van der Waals surface area contributed by atoms with E-state index in [1.165, 1.54) is 6.42 Å². The van der Waals surface area contributed by atoms with Crippen molar-refractivity contribution in [3.8, 4) is 0 Å². The maximum Gasteiger partial charge on any atom is 0.241 e. The molecule has 1 aliphatic heterocycles. The number of sulfonamides is 1. The Bertz CT molecular complexity index is 816. The van der Waals surface area contributed by atoms with Gasteiger partial charge in [-0.05, 0) is 90.6 Å². The molecular formula is C25H43N3O3S. The van der Waals surface area contributed by atoms with Crippen molar-refractivity contribution < 1.29 is 13.2 Å². The van der Waals surface area contributed by atoms with Crippen molar-refractivity contribution in [2.24, 2.45) is 0 Å². The van der Waals surface area contributed by atoms with Crippen molar-refractivity contribution in [3.05, 3.63) is 29.8 Å². The Balaban J connectivity index is 1.83. The molecule has 6 nitrogen and oxygen atoms in total. The van der Waals surface area contributed by atoms with E-state index in [1.54, 1.807) is 12.1 Å². The number of carbonyl (C=O) groups excluding carboxylic acids is 1. The number of hydrogen-bond acceptors (Lipinski definition) is 4. The van der Waals surface area contributed by atoms with Crippen LogP contribution in [0.2, 0.25) is 0 Å². The summed E-state index contributed by atoms with van der Waals surface area (Å²) in [5.41, 5.74) is 0.634. The molecular weight excluding hydrogens is 422 g/mol. The Morgan fingerprint density at radius 3 is 2.41 bits per heavy atom. The van der Waals surface area contributed by atoms with E-state index in [4.69, 9.17) is 0 Å². The molecule has 2 rings (SSSR count). The predicted octanol–water partition coefficient (Wildman–Crippen LogP) is 4.20. The highest BCUT2D eigenvalue weighted by atomic mass is 32.2. The molecule has 0 bridgehead atoms. The van der Waals surface area contributed by atoms with Crippen LogP contribution in [0.1, 0.15) is 78.7 Å². The summed E-state index contributed by atoms with van der Waals surface area (Å²) < 4.78 is 27.7. The highest BCUT2D eigenvalue weighted by Gasteiger charge is 2.22. The summed E-state index contributed by atoms with van der Waals surface area (Å²) in [5.74, 6) is 0.325. The number of hydrogen-bond donors (Lipinski definition) is 1. The third-order valence-electron chi connectivity index (χ3n) is 6.03. The minimum absolute atomic E-state index is 0.305. The predicted molar refractivity (Wildman–Crippen MR) is 131 cm³/mol. The molecule has 1 amide bonds. The molecule has 1 N–H and O–H groups in total. The second-order valence-electron chi connectivity index (χ2n) is 10.1. The number of unbranched alkanes of at least 4 members (excludes halogenated alkanes) is 1. The molecule has 1 atom stereocenters. The van der Waals surface area contributed by atoms with Gasteiger partial charge in [0, 0.05) is 31.1 Å². The van der Waals surface area contributed by atoms with Crippen molar-refractivity contribution in [2.45, 2.75) is 96.0 Å². The Hall–Kier alpha value is -1.44. The van der Waals surface area contributed by atoms with Gasteiger partial charge in [-0.25, -0.2) is 13.1 Å². The van der Waals surface area contributed by atoms with E-state index >= 15 is 0 Å². The monoisotopic (exact) mass is 465 g/mol. The molecule has 1 fully saturated rings. The summed E-state index contributed by atoms with van der Waals surface area (Å²) in [5, 5.41) is 0. The summed E-state index contributed by atoms with van der Waals surface area (Å²) in [7, 11) is -3.50. The van der Waals surface area contributed by atoms with Crippen LogP contribution in [0.4, 0.5) is 0 Å². The van der Waals surface area contributed by atoms with Crippen LogP contribution in [-0.2, 0) is 21.2 Å². The molecule has 1 aromatic rings. The minimum Gasteiger partial charge on any atom is -0.343 e. The molecule has 0 spiro atoms. The molecule has 1 aromatic carbocycles. The van der Waals surface area contributed by atoms with E-state index in [2.05, 4.69) is 28.4 Å². The number of amides is 1. The molecule has 1 unspecified atom stereocenters. The van der Waals surface area contributed by atoms with Crippen LogP contribution in [0.5, 0.6) is 0 Å². The van der Waals surface area contributed by atoms with Crippen molar-refractivity contribution >= 4 is 15.9 Å². The fraction of sp³-hybridized carbons (Fsp3) is 0.720. The number of nitrogens with one attached hydrogen (secondary N) is 1. The Morgan fingerprint density at radius 2 is 1.78 bits per heavy atom. The van der Waals surface area contributed by atoms with Gasteiger partial charge >= 0.3 is 0 Å². The lowest BCUT2D eigenvalue weighted by atomic mass is 10.1. The van der Waals surface area contributed by atoms with Gasteiger partial charge in [0.1, 0.15) is 0 Å². The second kappa shape index (κ2) is 12.1. The lowest BCUT2D eigenvalue weighted by Gasteiger charge is -2.28. The highest BCUT2D eigenvalue weighted by Crippen LogP contribution is 2.17. The maximum absolute atomic E-state index is 12.5. The van der Waals surface area contributed by atoms with Gasteiger partial charge in [-0.1, -0.05) is 25.5 Å². The van der Waals surface area contributed by atoms with Crippen LogP contribution < -0.4 is 4.72 Å². The normalized spacial score (nSPS) is 16.9. The first-order chi connectivity index (χ1) is 15.0. The summed E-state index contributed by atoms with van der Waals surface area (Å²) in [6, 6.07) is 7.61. The van der Waals surface area contributed by atoms with E-state index in [-0.39, 0.29) is 0 Å². The molecule has 32 heavy (non-hydrogen) atoms. The minimum atomic E-state index is -3.50. The van der Waals surface area contributed by atoms with Crippen LogP contribution in [0.15, 0.2) is 29.2 Å². The van der Waals surface area contributed by atoms with Crippen molar-refractivity contribution in [1.82, 2.24) is 14.5 Å². The molecule has 182 valence electrons. The van der Waals surface area contributed by atoms with Gasteiger partial charge in [-0.15, -0.1) is 0 Å². The molecule has 1 aliphatic rings. The van der Waals surface area contributed by atoms with E-state index in [9.17, 15) is 13.2 Å². The van der Waals surface area contributed by atoms with Crippen LogP contribution >= 0.6 is 0 Å². The first kappa shape index (κ1) is 26.8. The molecule has 0 aromatic heterocycles. The quantitative estimate of drug-likeness (QED) is 0.497. The first-order valence-electron chi connectivity index (χ1n) is 12.2. The third-order valence-corrected chi connectivity index (χ3v) is 7.80. The number of carbonyl (C=O) groups is 1. The summed E-state index contributed by atoms with van der Waals surface area (Å²) in [6.07, 6.45) is 7.06. The molecule has 0 radical (unpaired) electrons. The molecule has 0 saturated carbocycles. The maximum atomic E-state index is 12.5. The van der Waals surface area contributed by atoms with Gasteiger partial charge in [0.15, 0.2) is 0 Å². The zero-order valence-electron chi connectivity index (χ0n) is 20.7. The molecule has 7 heteroatoms. The zero-order valence-corrected chi connectivity index (χ0v) is 21.5. The third kappa shape index (κ3) is 8.83. The summed E-state index contributed by atoms with van der Waals surface area (Å²) in [4.78, 5) is 17.0. The van der Waals surface area contributed by atoms with Gasteiger partial charge < -0.3 is 9.80 Å². The number of likely N-dealkylation sites (tertiary alicyclic amines) is 1. The first-order valence-corrected chi connectivity index (χ1v) is 13.6. The fourth-order valence-electron chi connectivity index (χ4n) is 4.32. The zero-order chi connectivity index (χ0) is 23.8. The summed E-state index contributed by atoms with van der Waals surface area (Å²) >= 11 is 0. The van der Waals surface area contributed by atoms with Crippen molar-refractivity contribution in [3.63, 3.8) is 0 Å². The van der Waals surface area contributed by atoms with Crippen LogP contribution in [0, 0.1) is 0 Å². The standard InChI is InChI=1S/C25H43N3O3S/c1-6-27(17-10-11-19-28-18-9-7-8-12-24(28)29)21(2)20-22-13-15-23(16-14-22)32(30,31)26-25(3,4)5/h13-16,21,26H,6-12,17-20H2,1-5H3. The molecule has 1 saturated heterocycles. The Kier molecular flexibility index (Phi) is 10.2. The SMILES string of the molecule is CCN(CCCCN1CCCCCC1=O)C(C)Cc1ccc(S(=O)(=O)NC(C)(C)C)cc1. The van der Waals surface area contributed by atoms with E-state index in [0.29, 0.717) is 23.3 Å². The van der Waals surface area contributed by atoms with E-state index in [0.717, 1.165) is 63.8 Å². The van der Waals surface area contributed by atoms with Crippen molar-refractivity contribution in [2.75, 3.05) is 26.2 Å². The smallest absolute Gasteiger partial charge is 0.241 e. The molecule has 0 aliphatic carbocycles. The number of rotatable bonds is 11. The van der Waals surface area contributed by atoms with Gasteiger partial charge in [-0.3, -0.25) is 4.79 Å². The van der Waals surface area contributed by atoms with E-state index < -0.39 is 15.6 Å². The number of likely N-dealkylation sites (N-methyl/N-ethyl adjacent to an activating group) is 1.